The minimum atomic E-state index is -1.32. The highest BCUT2D eigenvalue weighted by Gasteiger charge is 2.54. The lowest BCUT2D eigenvalue weighted by Crippen LogP contribution is -2.70. The summed E-state index contributed by atoms with van der Waals surface area (Å²) in [6, 6.07) is -0.907. The van der Waals surface area contributed by atoms with Crippen molar-refractivity contribution in [3.63, 3.8) is 0 Å². The highest BCUT2D eigenvalue weighted by molar-refractivity contribution is 8.00. The summed E-state index contributed by atoms with van der Waals surface area (Å²) in [5.74, 6) is -3.98. The number of fused-ring (bicyclic) bond motifs is 1. The molecular weight excluding hydrogens is 356 g/mol. The molecule has 2 aliphatic rings. The van der Waals surface area contributed by atoms with E-state index in [4.69, 9.17) is 9.84 Å². The van der Waals surface area contributed by atoms with Gasteiger partial charge in [-0.1, -0.05) is 0 Å². The van der Waals surface area contributed by atoms with Crippen LogP contribution in [0.25, 0.3) is 0 Å². The lowest BCUT2D eigenvalue weighted by atomic mass is 10.0. The van der Waals surface area contributed by atoms with Gasteiger partial charge in [-0.25, -0.2) is 4.79 Å². The summed E-state index contributed by atoms with van der Waals surface area (Å²) in [7, 11) is 0. The molecule has 1 fully saturated rings. The van der Waals surface area contributed by atoms with E-state index in [2.05, 4.69) is 5.32 Å². The molecule has 0 aliphatic carbocycles. The molecule has 3 N–H and O–H groups in total. The molecule has 2 amide bonds. The Morgan fingerprint density at radius 1 is 1.28 bits per heavy atom. The van der Waals surface area contributed by atoms with Crippen LogP contribution in [0.15, 0.2) is 11.3 Å². The van der Waals surface area contributed by atoms with Crippen LogP contribution in [-0.4, -0.2) is 68.6 Å². The second-order valence-electron chi connectivity index (χ2n) is 5.39. The van der Waals surface area contributed by atoms with E-state index in [-0.39, 0.29) is 30.9 Å². The number of nitrogens with zero attached hydrogens (tertiary/aromatic N) is 1. The van der Waals surface area contributed by atoms with Crippen LogP contribution in [0.1, 0.15) is 19.8 Å². The van der Waals surface area contributed by atoms with Gasteiger partial charge in [0.15, 0.2) is 0 Å². The molecule has 0 aromatic heterocycles. The van der Waals surface area contributed by atoms with E-state index in [1.54, 1.807) is 0 Å². The number of hydrogen-bond acceptors (Lipinski definition) is 7. The molecule has 2 aliphatic heterocycles. The second kappa shape index (κ2) is 7.55. The topological polar surface area (TPSA) is 150 Å². The molecule has 2 rings (SSSR count). The van der Waals surface area contributed by atoms with Crippen molar-refractivity contribution < 1.29 is 38.9 Å². The summed E-state index contributed by atoms with van der Waals surface area (Å²) in [6.07, 6.45) is -0.628. The van der Waals surface area contributed by atoms with Gasteiger partial charge in [-0.3, -0.25) is 24.1 Å². The van der Waals surface area contributed by atoms with Crippen molar-refractivity contribution in [3.8, 4) is 0 Å². The molecule has 0 aromatic carbocycles. The molecule has 11 heteroatoms. The third-order valence-electron chi connectivity index (χ3n) is 3.58. The quantitative estimate of drug-likeness (QED) is 0.383. The van der Waals surface area contributed by atoms with Crippen LogP contribution >= 0.6 is 11.8 Å². The van der Waals surface area contributed by atoms with Crippen LogP contribution in [-0.2, 0) is 28.7 Å². The smallest absolute Gasteiger partial charge is 0.352 e. The van der Waals surface area contributed by atoms with Gasteiger partial charge >= 0.3 is 17.9 Å². The van der Waals surface area contributed by atoms with Crippen molar-refractivity contribution in [1.29, 1.82) is 0 Å². The average molecular weight is 372 g/mol. The van der Waals surface area contributed by atoms with Gasteiger partial charge in [-0.15, -0.1) is 11.8 Å². The molecular formula is C14H16N2O8S. The number of esters is 1. The van der Waals surface area contributed by atoms with Crippen molar-refractivity contribution in [2.75, 3.05) is 12.4 Å². The average Bonchev–Trinajstić information content (AvgIpc) is 2.54. The zero-order valence-corrected chi connectivity index (χ0v) is 14.0. The monoisotopic (exact) mass is 372 g/mol. The zero-order chi connectivity index (χ0) is 18.7. The van der Waals surface area contributed by atoms with Gasteiger partial charge in [0, 0.05) is 24.7 Å². The number of hydrogen-bond donors (Lipinski definition) is 3. The fourth-order valence-corrected chi connectivity index (χ4v) is 3.78. The van der Waals surface area contributed by atoms with Crippen molar-refractivity contribution in [2.24, 2.45) is 0 Å². The summed E-state index contributed by atoms with van der Waals surface area (Å²) in [5, 5.41) is 19.8. The predicted octanol–water partition coefficient (Wildman–Crippen LogP) is -0.847. The Morgan fingerprint density at radius 2 is 1.96 bits per heavy atom. The fraction of sp³-hybridized carbons (Fsp3) is 0.500. The fourth-order valence-electron chi connectivity index (χ4n) is 2.45. The number of thioether (sulfide) groups is 1. The van der Waals surface area contributed by atoms with Gasteiger partial charge in [-0.05, 0) is 0 Å². The molecule has 0 bridgehead atoms. The number of β-lactam (4-membered cyclic amide) rings is 1. The van der Waals surface area contributed by atoms with Gasteiger partial charge in [0.2, 0.25) is 5.91 Å². The number of carboxylic acids is 2. The molecule has 2 atom stereocenters. The van der Waals surface area contributed by atoms with E-state index in [0.29, 0.717) is 5.57 Å². The summed E-state index contributed by atoms with van der Waals surface area (Å²) in [6.45, 7) is 0.966. The first-order chi connectivity index (χ1) is 11.7. The molecule has 2 heterocycles. The minimum absolute atomic E-state index is 0.226. The first-order valence-corrected chi connectivity index (χ1v) is 8.31. The van der Waals surface area contributed by atoms with Gasteiger partial charge < -0.3 is 20.3 Å². The van der Waals surface area contributed by atoms with Gasteiger partial charge in [0.1, 0.15) is 23.7 Å². The molecule has 136 valence electrons. The Hall–Kier alpha value is -2.56. The Morgan fingerprint density at radius 3 is 2.52 bits per heavy atom. The number of amides is 2. The molecule has 0 unspecified atom stereocenters. The van der Waals surface area contributed by atoms with E-state index in [0.717, 1.165) is 4.90 Å². The number of ether oxygens (including phenoxy) is 1. The Bertz CT molecular complexity index is 674. The highest BCUT2D eigenvalue weighted by Crippen LogP contribution is 2.40. The van der Waals surface area contributed by atoms with E-state index in [1.807, 2.05) is 0 Å². The SMILES string of the molecule is CC(=O)OCC1=C(C(=O)O)N2C(=O)[C@@H](NC(=O)CCC(=O)O)[C@H]2SC1. The number of carbonyl (C=O) groups is 5. The second-order valence-corrected chi connectivity index (χ2v) is 6.49. The lowest BCUT2D eigenvalue weighted by molar-refractivity contribution is -0.151. The van der Waals surface area contributed by atoms with E-state index >= 15 is 0 Å². The molecule has 0 saturated carbocycles. The van der Waals surface area contributed by atoms with Crippen molar-refractivity contribution in [3.05, 3.63) is 11.3 Å². The van der Waals surface area contributed by atoms with Crippen molar-refractivity contribution in [1.82, 2.24) is 10.2 Å². The van der Waals surface area contributed by atoms with E-state index < -0.39 is 41.1 Å². The highest BCUT2D eigenvalue weighted by atomic mass is 32.2. The minimum Gasteiger partial charge on any atom is -0.481 e. The molecule has 0 spiro atoms. The first kappa shape index (κ1) is 18.8. The van der Waals surface area contributed by atoms with Crippen molar-refractivity contribution >= 4 is 41.5 Å². The summed E-state index contributed by atoms with van der Waals surface area (Å²) >= 11 is 1.23. The van der Waals surface area contributed by atoms with Crippen LogP contribution in [0.5, 0.6) is 0 Å². The van der Waals surface area contributed by atoms with Crippen LogP contribution in [0.4, 0.5) is 0 Å². The lowest BCUT2D eigenvalue weighted by Gasteiger charge is -2.49. The Labute approximate surface area is 146 Å². The maximum atomic E-state index is 12.2. The largest absolute Gasteiger partial charge is 0.481 e. The normalized spacial score (nSPS) is 22.0. The molecule has 10 nitrogen and oxygen atoms in total. The molecule has 1 saturated heterocycles. The maximum Gasteiger partial charge on any atom is 0.352 e. The standard InChI is InChI=1S/C14H16N2O8S/c1-6(17)24-4-7-5-25-13-10(15-8(18)2-3-9(19)20)12(21)16(13)11(7)14(22)23/h10,13H,2-5H2,1H3,(H,15,18)(H,19,20)(H,22,23)/t10-,13-/m1/s1. The predicted molar refractivity (Wildman–Crippen MR) is 83.2 cm³/mol. The van der Waals surface area contributed by atoms with Crippen molar-refractivity contribution in [2.45, 2.75) is 31.2 Å². The first-order valence-electron chi connectivity index (χ1n) is 7.27. The molecule has 0 aromatic rings. The molecule has 25 heavy (non-hydrogen) atoms. The zero-order valence-electron chi connectivity index (χ0n) is 13.2. The Balaban J connectivity index is 2.08. The van der Waals surface area contributed by atoms with Gasteiger partial charge in [-0.2, -0.15) is 0 Å². The third-order valence-corrected chi connectivity index (χ3v) is 4.92. The number of carboxylic acid groups (broad SMARTS) is 2. The number of aliphatic carboxylic acids is 2. The number of nitrogens with one attached hydrogen (secondary N) is 1. The summed E-state index contributed by atoms with van der Waals surface area (Å²) in [5.41, 5.74) is 0.0546. The third kappa shape index (κ3) is 4.10. The summed E-state index contributed by atoms with van der Waals surface area (Å²) < 4.78 is 4.81. The van der Waals surface area contributed by atoms with Gasteiger partial charge in [0.05, 0.1) is 6.42 Å². The van der Waals surface area contributed by atoms with Gasteiger partial charge in [0.25, 0.3) is 5.91 Å². The summed E-state index contributed by atoms with van der Waals surface area (Å²) in [4.78, 5) is 57.8. The van der Waals surface area contributed by atoms with Crippen LogP contribution in [0.2, 0.25) is 0 Å². The van der Waals surface area contributed by atoms with E-state index in [1.165, 1.54) is 18.7 Å². The maximum absolute atomic E-state index is 12.2. The number of carbonyl (C=O) groups excluding carboxylic acids is 3. The van der Waals surface area contributed by atoms with Crippen LogP contribution in [0, 0.1) is 0 Å². The molecule has 0 radical (unpaired) electrons. The van der Waals surface area contributed by atoms with Crippen LogP contribution < -0.4 is 5.32 Å². The van der Waals surface area contributed by atoms with Crippen LogP contribution in [0.3, 0.4) is 0 Å². The Kier molecular flexibility index (Phi) is 5.67. The van der Waals surface area contributed by atoms with E-state index in [9.17, 15) is 29.1 Å². The number of rotatable bonds is 7.